The van der Waals surface area contributed by atoms with Gasteiger partial charge in [-0.15, -0.1) is 11.3 Å². The first-order chi connectivity index (χ1) is 8.56. The zero-order valence-corrected chi connectivity index (χ0v) is 11.0. The molecule has 0 bridgehead atoms. The molecule has 0 aliphatic carbocycles. The minimum atomic E-state index is -0.576. The number of thiazole rings is 1. The molecule has 5 heteroatoms. The van der Waals surface area contributed by atoms with Crippen LogP contribution in [0, 0.1) is 11.6 Å². The van der Waals surface area contributed by atoms with Crippen LogP contribution in [0.5, 0.6) is 0 Å². The van der Waals surface area contributed by atoms with E-state index in [2.05, 4.69) is 24.1 Å². The predicted molar refractivity (Wildman–Crippen MR) is 69.4 cm³/mol. The molecule has 0 amide bonds. The number of rotatable bonds is 4. The van der Waals surface area contributed by atoms with Crippen LogP contribution in [-0.4, -0.2) is 11.0 Å². The van der Waals surface area contributed by atoms with Crippen LogP contribution in [0.3, 0.4) is 0 Å². The first kappa shape index (κ1) is 13.1. The molecule has 0 radical (unpaired) electrons. The van der Waals surface area contributed by atoms with E-state index < -0.39 is 11.6 Å². The average molecular weight is 268 g/mol. The van der Waals surface area contributed by atoms with Gasteiger partial charge in [0.05, 0.1) is 0 Å². The average Bonchev–Trinajstić information content (AvgIpc) is 2.75. The molecule has 1 aromatic carbocycles. The number of nitrogens with one attached hydrogen (secondary N) is 1. The zero-order valence-electron chi connectivity index (χ0n) is 10.2. The third kappa shape index (κ3) is 3.11. The summed E-state index contributed by atoms with van der Waals surface area (Å²) >= 11 is 1.41. The summed E-state index contributed by atoms with van der Waals surface area (Å²) in [7, 11) is 0. The number of halogens is 2. The second-order valence-corrected chi connectivity index (χ2v) is 5.41. The van der Waals surface area contributed by atoms with Crippen LogP contribution in [0.15, 0.2) is 24.4 Å². The highest BCUT2D eigenvalue weighted by Gasteiger charge is 2.10. The third-order valence-corrected chi connectivity index (χ3v) is 3.43. The van der Waals surface area contributed by atoms with Crippen molar-refractivity contribution >= 4 is 11.3 Å². The normalized spacial score (nSPS) is 11.2. The van der Waals surface area contributed by atoms with Crippen LogP contribution in [0.1, 0.15) is 18.7 Å². The van der Waals surface area contributed by atoms with Crippen molar-refractivity contribution in [1.82, 2.24) is 10.3 Å². The number of nitrogens with zero attached hydrogens (tertiary/aromatic N) is 1. The molecular weight excluding hydrogens is 254 g/mol. The van der Waals surface area contributed by atoms with E-state index >= 15 is 0 Å². The van der Waals surface area contributed by atoms with Gasteiger partial charge in [0, 0.05) is 35.3 Å². The SMILES string of the molecule is CC(C)NCc1cnc(-c2ccc(F)cc2F)s1. The van der Waals surface area contributed by atoms with Gasteiger partial charge in [0.25, 0.3) is 0 Å². The van der Waals surface area contributed by atoms with Gasteiger partial charge in [-0.2, -0.15) is 0 Å². The Bertz CT molecular complexity index is 538. The van der Waals surface area contributed by atoms with Crippen molar-refractivity contribution in [2.45, 2.75) is 26.4 Å². The van der Waals surface area contributed by atoms with Gasteiger partial charge in [-0.25, -0.2) is 13.8 Å². The van der Waals surface area contributed by atoms with Gasteiger partial charge in [0.1, 0.15) is 16.6 Å². The lowest BCUT2D eigenvalue weighted by Gasteiger charge is -2.04. The molecule has 1 heterocycles. The van der Waals surface area contributed by atoms with E-state index in [0.717, 1.165) is 10.9 Å². The lowest BCUT2D eigenvalue weighted by Crippen LogP contribution is -2.21. The Labute approximate surface area is 109 Å². The molecule has 0 saturated carbocycles. The number of hydrogen-bond donors (Lipinski definition) is 1. The molecule has 2 rings (SSSR count). The van der Waals surface area contributed by atoms with Gasteiger partial charge in [0.15, 0.2) is 0 Å². The molecule has 0 unspecified atom stereocenters. The molecule has 0 atom stereocenters. The van der Waals surface area contributed by atoms with Crippen molar-refractivity contribution in [3.05, 3.63) is 40.9 Å². The van der Waals surface area contributed by atoms with Crippen molar-refractivity contribution in [3.63, 3.8) is 0 Å². The van der Waals surface area contributed by atoms with Crippen LogP contribution >= 0.6 is 11.3 Å². The lowest BCUT2D eigenvalue weighted by molar-refractivity contribution is 0.585. The molecule has 0 aliphatic rings. The van der Waals surface area contributed by atoms with Crippen LogP contribution in [0.2, 0.25) is 0 Å². The third-order valence-electron chi connectivity index (χ3n) is 2.40. The van der Waals surface area contributed by atoms with Crippen LogP contribution in [0.4, 0.5) is 8.78 Å². The standard InChI is InChI=1S/C13H14F2N2S/c1-8(2)16-6-10-7-17-13(18-10)11-4-3-9(14)5-12(11)15/h3-5,7-8,16H,6H2,1-2H3. The van der Waals surface area contributed by atoms with E-state index in [1.54, 1.807) is 6.20 Å². The van der Waals surface area contributed by atoms with Crippen molar-refractivity contribution in [2.75, 3.05) is 0 Å². The van der Waals surface area contributed by atoms with Crippen LogP contribution < -0.4 is 5.32 Å². The Morgan fingerprint density at radius 2 is 2.11 bits per heavy atom. The Kier molecular flexibility index (Phi) is 4.04. The van der Waals surface area contributed by atoms with Crippen molar-refractivity contribution in [2.24, 2.45) is 0 Å². The summed E-state index contributed by atoms with van der Waals surface area (Å²) in [4.78, 5) is 5.20. The zero-order chi connectivity index (χ0) is 13.1. The maximum Gasteiger partial charge on any atom is 0.136 e. The first-order valence-corrected chi connectivity index (χ1v) is 6.51. The van der Waals surface area contributed by atoms with E-state index in [0.29, 0.717) is 23.2 Å². The fourth-order valence-electron chi connectivity index (χ4n) is 1.48. The lowest BCUT2D eigenvalue weighted by atomic mass is 10.2. The van der Waals surface area contributed by atoms with Crippen LogP contribution in [-0.2, 0) is 6.54 Å². The highest BCUT2D eigenvalue weighted by Crippen LogP contribution is 2.27. The van der Waals surface area contributed by atoms with Gasteiger partial charge in [-0.1, -0.05) is 13.8 Å². The van der Waals surface area contributed by atoms with Crippen molar-refractivity contribution < 1.29 is 8.78 Å². The van der Waals surface area contributed by atoms with Gasteiger partial charge >= 0.3 is 0 Å². The summed E-state index contributed by atoms with van der Waals surface area (Å²) in [6, 6.07) is 3.93. The Morgan fingerprint density at radius 1 is 1.33 bits per heavy atom. The largest absolute Gasteiger partial charge is 0.310 e. The van der Waals surface area contributed by atoms with E-state index in [9.17, 15) is 8.78 Å². The Morgan fingerprint density at radius 3 is 2.78 bits per heavy atom. The smallest absolute Gasteiger partial charge is 0.136 e. The fourth-order valence-corrected chi connectivity index (χ4v) is 2.37. The summed E-state index contributed by atoms with van der Waals surface area (Å²) in [5, 5.41) is 3.84. The molecule has 0 spiro atoms. The minimum Gasteiger partial charge on any atom is -0.310 e. The molecule has 18 heavy (non-hydrogen) atoms. The second kappa shape index (κ2) is 5.54. The van der Waals surface area contributed by atoms with Crippen molar-refractivity contribution in [1.29, 1.82) is 0 Å². The molecule has 1 N–H and O–H groups in total. The van der Waals surface area contributed by atoms with Crippen LogP contribution in [0.25, 0.3) is 10.6 Å². The monoisotopic (exact) mass is 268 g/mol. The Balaban J connectivity index is 2.18. The Hall–Kier alpha value is -1.33. The molecule has 0 fully saturated rings. The van der Waals surface area contributed by atoms with Gasteiger partial charge in [-0.05, 0) is 12.1 Å². The summed E-state index contributed by atoms with van der Waals surface area (Å²) in [5.41, 5.74) is 0.345. The molecular formula is C13H14F2N2S. The molecule has 2 aromatic rings. The molecule has 2 nitrogen and oxygen atoms in total. The van der Waals surface area contributed by atoms with E-state index in [1.807, 2.05) is 0 Å². The predicted octanol–water partition coefficient (Wildman–Crippen LogP) is 3.59. The van der Waals surface area contributed by atoms with Crippen molar-refractivity contribution in [3.8, 4) is 10.6 Å². The van der Waals surface area contributed by atoms with Gasteiger partial charge in [-0.3, -0.25) is 0 Å². The molecule has 0 saturated heterocycles. The minimum absolute atomic E-state index is 0.345. The maximum absolute atomic E-state index is 13.6. The highest BCUT2D eigenvalue weighted by molar-refractivity contribution is 7.15. The first-order valence-electron chi connectivity index (χ1n) is 5.70. The van der Waals surface area contributed by atoms with E-state index in [-0.39, 0.29) is 0 Å². The number of hydrogen-bond acceptors (Lipinski definition) is 3. The maximum atomic E-state index is 13.6. The number of aromatic nitrogens is 1. The topological polar surface area (TPSA) is 24.9 Å². The quantitative estimate of drug-likeness (QED) is 0.916. The summed E-state index contributed by atoms with van der Waals surface area (Å²) in [6.07, 6.45) is 1.72. The summed E-state index contributed by atoms with van der Waals surface area (Å²) in [5.74, 6) is -1.15. The van der Waals surface area contributed by atoms with Gasteiger partial charge < -0.3 is 5.32 Å². The molecule has 1 aromatic heterocycles. The second-order valence-electron chi connectivity index (χ2n) is 4.29. The summed E-state index contributed by atoms with van der Waals surface area (Å²) in [6.45, 7) is 4.82. The number of benzene rings is 1. The van der Waals surface area contributed by atoms with E-state index in [4.69, 9.17) is 0 Å². The molecule has 96 valence electrons. The van der Waals surface area contributed by atoms with E-state index in [1.165, 1.54) is 23.5 Å². The summed E-state index contributed by atoms with van der Waals surface area (Å²) < 4.78 is 26.4. The highest BCUT2D eigenvalue weighted by atomic mass is 32.1. The molecule has 0 aliphatic heterocycles. The fraction of sp³-hybridized carbons (Fsp3) is 0.308. The van der Waals surface area contributed by atoms with Gasteiger partial charge in [0.2, 0.25) is 0 Å².